The second-order valence-corrected chi connectivity index (χ2v) is 10.5. The Morgan fingerprint density at radius 3 is 2.39 bits per heavy atom. The first-order valence-electron chi connectivity index (χ1n) is 6.06. The third kappa shape index (κ3) is 5.04. The number of oxime groups is 1. The van der Waals surface area contributed by atoms with Gasteiger partial charge in [-0.3, -0.25) is 4.79 Å². The molecule has 0 rings (SSSR count). The highest BCUT2D eigenvalue weighted by atomic mass is 28.4. The van der Waals surface area contributed by atoms with Gasteiger partial charge < -0.3 is 9.26 Å². The van der Waals surface area contributed by atoms with E-state index in [4.69, 9.17) is 9.26 Å². The summed E-state index contributed by atoms with van der Waals surface area (Å²) < 4.78 is 10.3. The van der Waals surface area contributed by atoms with Crippen LogP contribution < -0.4 is 0 Å². The Bertz CT molecular complexity index is 319. The van der Waals surface area contributed by atoms with E-state index in [2.05, 4.69) is 45.6 Å². The van der Waals surface area contributed by atoms with Gasteiger partial charge in [0.05, 0.1) is 19.2 Å². The summed E-state index contributed by atoms with van der Waals surface area (Å²) in [5, 5.41) is 4.07. The lowest BCUT2D eigenvalue weighted by atomic mass is 10.1. The van der Waals surface area contributed by atoms with Crippen molar-refractivity contribution in [3.05, 3.63) is 12.7 Å². The molecule has 0 saturated heterocycles. The van der Waals surface area contributed by atoms with Crippen LogP contribution in [0.4, 0.5) is 0 Å². The third-order valence-corrected chi connectivity index (χ3v) is 7.43. The van der Waals surface area contributed by atoms with Gasteiger partial charge in [0.2, 0.25) is 0 Å². The number of carbonyl (C=O) groups is 1. The summed E-state index contributed by atoms with van der Waals surface area (Å²) in [4.78, 5) is 11.4. The Labute approximate surface area is 111 Å². The fourth-order valence-electron chi connectivity index (χ4n) is 0.921. The summed E-state index contributed by atoms with van der Waals surface area (Å²) in [6, 6.07) is 0. The highest BCUT2D eigenvalue weighted by Gasteiger charge is 2.39. The number of hydrogen-bond donors (Lipinski definition) is 0. The van der Waals surface area contributed by atoms with E-state index in [9.17, 15) is 4.79 Å². The molecule has 0 aliphatic heterocycles. The van der Waals surface area contributed by atoms with E-state index in [1.165, 1.54) is 13.3 Å². The number of carbonyl (C=O) groups excluding carboxylic acids is 1. The highest BCUT2D eigenvalue weighted by Crippen LogP contribution is 2.36. The topological polar surface area (TPSA) is 47.9 Å². The minimum Gasteiger partial charge on any atom is -0.469 e. The zero-order valence-corrected chi connectivity index (χ0v) is 13.3. The molecule has 5 heteroatoms. The van der Waals surface area contributed by atoms with Crippen LogP contribution in [0.2, 0.25) is 18.1 Å². The summed E-state index contributed by atoms with van der Waals surface area (Å²) in [6.07, 6.45) is 3.67. The van der Waals surface area contributed by atoms with Crippen molar-refractivity contribution in [3.8, 4) is 0 Å². The molecule has 0 saturated carbocycles. The van der Waals surface area contributed by atoms with Crippen LogP contribution in [0.5, 0.6) is 0 Å². The summed E-state index contributed by atoms with van der Waals surface area (Å²) in [5.74, 6) is -0.741. The van der Waals surface area contributed by atoms with Gasteiger partial charge in [-0.2, -0.15) is 0 Å². The van der Waals surface area contributed by atoms with Crippen molar-refractivity contribution in [1.29, 1.82) is 0 Å². The molecule has 0 bridgehead atoms. The molecular weight excluding hydrogens is 246 g/mol. The zero-order valence-electron chi connectivity index (χ0n) is 12.3. The molecular formula is C13H25NO3Si. The first-order chi connectivity index (χ1) is 8.15. The Balaban J connectivity index is 4.62. The van der Waals surface area contributed by atoms with Crippen LogP contribution >= 0.6 is 0 Å². The Hall–Kier alpha value is -1.10. The minimum atomic E-state index is -1.92. The van der Waals surface area contributed by atoms with Crippen molar-refractivity contribution in [2.75, 3.05) is 7.11 Å². The number of esters is 1. The van der Waals surface area contributed by atoms with Crippen LogP contribution in [0.15, 0.2) is 17.8 Å². The number of nitrogens with zero attached hydrogens (tertiary/aromatic N) is 1. The quantitative estimate of drug-likeness (QED) is 0.245. The number of methoxy groups -OCH3 is 1. The molecule has 0 aliphatic carbocycles. The molecule has 18 heavy (non-hydrogen) atoms. The fraction of sp³-hybridized carbons (Fsp3) is 0.692. The van der Waals surface area contributed by atoms with Crippen molar-refractivity contribution >= 4 is 20.5 Å². The number of allylic oxidation sites excluding steroid dienone is 1. The van der Waals surface area contributed by atoms with E-state index < -0.39 is 14.2 Å². The van der Waals surface area contributed by atoms with Crippen LogP contribution in [0, 0.1) is 5.92 Å². The van der Waals surface area contributed by atoms with Crippen LogP contribution in [-0.2, 0) is 14.1 Å². The van der Waals surface area contributed by atoms with Gasteiger partial charge in [0.1, 0.15) is 0 Å². The average molecular weight is 271 g/mol. The fourth-order valence-corrected chi connectivity index (χ4v) is 1.52. The van der Waals surface area contributed by atoms with Gasteiger partial charge in [-0.25, -0.2) is 0 Å². The average Bonchev–Trinajstić information content (AvgIpc) is 2.25. The van der Waals surface area contributed by atoms with Crippen molar-refractivity contribution in [2.24, 2.45) is 11.1 Å². The minimum absolute atomic E-state index is 0.0868. The molecule has 0 amide bonds. The van der Waals surface area contributed by atoms with Gasteiger partial charge in [0, 0.05) is 0 Å². The van der Waals surface area contributed by atoms with Crippen LogP contribution in [-0.4, -0.2) is 27.6 Å². The molecule has 0 heterocycles. The molecule has 0 N–H and O–H groups in total. The van der Waals surface area contributed by atoms with Gasteiger partial charge in [-0.1, -0.05) is 26.8 Å². The second kappa shape index (κ2) is 6.73. The molecule has 0 fully saturated rings. The maximum atomic E-state index is 11.4. The van der Waals surface area contributed by atoms with Gasteiger partial charge in [-0.05, 0) is 24.6 Å². The summed E-state index contributed by atoms with van der Waals surface area (Å²) in [7, 11) is -0.553. The van der Waals surface area contributed by atoms with E-state index in [0.29, 0.717) is 6.42 Å². The molecule has 0 aromatic rings. The predicted octanol–water partition coefficient (Wildman–Crippen LogP) is 3.36. The summed E-state index contributed by atoms with van der Waals surface area (Å²) in [6.45, 7) is 14.2. The van der Waals surface area contributed by atoms with Gasteiger partial charge in [0.25, 0.3) is 8.32 Å². The molecule has 0 radical (unpaired) electrons. The van der Waals surface area contributed by atoms with E-state index in [-0.39, 0.29) is 11.0 Å². The number of rotatable bonds is 6. The largest absolute Gasteiger partial charge is 0.469 e. The van der Waals surface area contributed by atoms with Crippen LogP contribution in [0.25, 0.3) is 0 Å². The first-order valence-corrected chi connectivity index (χ1v) is 8.97. The molecule has 1 atom stereocenters. The molecule has 0 aromatic carbocycles. The smallest absolute Gasteiger partial charge is 0.314 e. The van der Waals surface area contributed by atoms with E-state index >= 15 is 0 Å². The lowest BCUT2D eigenvalue weighted by Gasteiger charge is -2.33. The predicted molar refractivity (Wildman–Crippen MR) is 77.1 cm³/mol. The van der Waals surface area contributed by atoms with Crippen molar-refractivity contribution in [3.63, 3.8) is 0 Å². The second-order valence-electron chi connectivity index (χ2n) is 5.76. The maximum absolute atomic E-state index is 11.4. The van der Waals surface area contributed by atoms with E-state index in [0.717, 1.165) is 0 Å². The number of hydrogen-bond acceptors (Lipinski definition) is 4. The standard InChI is InChI=1S/C13H25NO3Si/c1-8-9-11(12(15)16-5)10-14-17-18(6,7)13(2,3)4/h8,10-11H,1,9H2,2-7H3/b14-10-. The van der Waals surface area contributed by atoms with Crippen LogP contribution in [0.3, 0.4) is 0 Å². The SMILES string of the molecule is C=CCC(/C=N\O[Si](C)(C)C(C)(C)C)C(=O)OC. The maximum Gasteiger partial charge on any atom is 0.314 e. The van der Waals surface area contributed by atoms with Crippen molar-refractivity contribution in [1.82, 2.24) is 0 Å². The summed E-state index contributed by atoms with van der Waals surface area (Å²) in [5.41, 5.74) is 0. The van der Waals surface area contributed by atoms with Gasteiger partial charge >= 0.3 is 5.97 Å². The molecule has 0 aliphatic rings. The first kappa shape index (κ1) is 16.9. The normalized spacial score (nSPS) is 14.3. The Kier molecular flexibility index (Phi) is 6.32. The van der Waals surface area contributed by atoms with Crippen molar-refractivity contribution < 1.29 is 14.1 Å². The van der Waals surface area contributed by atoms with Gasteiger partial charge in [0.15, 0.2) is 0 Å². The van der Waals surface area contributed by atoms with E-state index in [1.807, 2.05) is 0 Å². The molecule has 104 valence electrons. The van der Waals surface area contributed by atoms with Crippen molar-refractivity contribution in [2.45, 2.75) is 45.3 Å². The summed E-state index contributed by atoms with van der Waals surface area (Å²) >= 11 is 0. The third-order valence-electron chi connectivity index (χ3n) is 3.25. The molecule has 0 aromatic heterocycles. The molecule has 4 nitrogen and oxygen atoms in total. The molecule has 1 unspecified atom stereocenters. The lowest BCUT2D eigenvalue weighted by molar-refractivity contribution is -0.142. The van der Waals surface area contributed by atoms with Gasteiger partial charge in [-0.15, -0.1) is 11.7 Å². The van der Waals surface area contributed by atoms with Crippen LogP contribution in [0.1, 0.15) is 27.2 Å². The Morgan fingerprint density at radius 1 is 1.44 bits per heavy atom. The lowest BCUT2D eigenvalue weighted by Crippen LogP contribution is -2.39. The zero-order chi connectivity index (χ0) is 14.4. The molecule has 0 spiro atoms. The van der Waals surface area contributed by atoms with E-state index in [1.54, 1.807) is 6.08 Å². The Morgan fingerprint density at radius 2 is 2.00 bits per heavy atom. The number of ether oxygens (including phenoxy) is 1. The highest BCUT2D eigenvalue weighted by molar-refractivity contribution is 6.74. The monoisotopic (exact) mass is 271 g/mol.